The van der Waals surface area contributed by atoms with Crippen molar-refractivity contribution < 1.29 is 8.78 Å². The molecule has 5 aromatic rings. The summed E-state index contributed by atoms with van der Waals surface area (Å²) in [6.45, 7) is 0. The van der Waals surface area contributed by atoms with E-state index in [0.29, 0.717) is 22.1 Å². The largest absolute Gasteiger partial charge is 0.290 e. The summed E-state index contributed by atoms with van der Waals surface area (Å²) >= 11 is 0. The molecule has 0 aliphatic rings. The zero-order valence-electron chi connectivity index (χ0n) is 11.8. The molecule has 0 amide bonds. The van der Waals surface area contributed by atoms with Gasteiger partial charge in [-0.15, -0.1) is 0 Å². The van der Waals surface area contributed by atoms with Gasteiger partial charge in [0.15, 0.2) is 5.65 Å². The zero-order valence-corrected chi connectivity index (χ0v) is 11.8. The van der Waals surface area contributed by atoms with Crippen molar-refractivity contribution in [1.82, 2.24) is 14.4 Å². The third kappa shape index (κ3) is 1.61. The highest BCUT2D eigenvalue weighted by Crippen LogP contribution is 2.32. The van der Waals surface area contributed by atoms with Crippen LogP contribution in [0.5, 0.6) is 0 Å². The van der Waals surface area contributed by atoms with Gasteiger partial charge in [-0.05, 0) is 53.9 Å². The van der Waals surface area contributed by atoms with E-state index in [2.05, 4.69) is 9.97 Å². The van der Waals surface area contributed by atoms with E-state index in [1.165, 1.54) is 24.3 Å². The van der Waals surface area contributed by atoms with Crippen molar-refractivity contribution in [3.05, 3.63) is 66.4 Å². The quantitative estimate of drug-likeness (QED) is 0.395. The third-order valence-electron chi connectivity index (χ3n) is 4.14. The molecule has 0 N–H and O–H groups in total. The molecule has 0 atom stereocenters. The van der Waals surface area contributed by atoms with Crippen molar-refractivity contribution in [1.29, 1.82) is 0 Å². The van der Waals surface area contributed by atoms with E-state index >= 15 is 0 Å². The van der Waals surface area contributed by atoms with Crippen LogP contribution in [-0.2, 0) is 0 Å². The summed E-state index contributed by atoms with van der Waals surface area (Å²) in [5.41, 5.74) is 2.91. The van der Waals surface area contributed by atoms with Crippen LogP contribution in [0.4, 0.5) is 8.78 Å². The summed E-state index contributed by atoms with van der Waals surface area (Å²) in [7, 11) is 0. The lowest BCUT2D eigenvalue weighted by molar-refractivity contribution is 0.628. The number of nitrogens with zero attached hydrogens (tertiary/aromatic N) is 3. The Morgan fingerprint density at radius 3 is 2.43 bits per heavy atom. The molecule has 0 spiro atoms. The van der Waals surface area contributed by atoms with Gasteiger partial charge in [0.25, 0.3) is 0 Å². The number of pyridine rings is 2. The summed E-state index contributed by atoms with van der Waals surface area (Å²) < 4.78 is 29.5. The Balaban J connectivity index is 2.20. The number of benzene rings is 2. The van der Waals surface area contributed by atoms with Crippen LogP contribution >= 0.6 is 0 Å². The van der Waals surface area contributed by atoms with Crippen LogP contribution in [0.25, 0.3) is 38.5 Å². The molecule has 3 heterocycles. The third-order valence-corrected chi connectivity index (χ3v) is 4.14. The van der Waals surface area contributed by atoms with Crippen LogP contribution < -0.4 is 0 Å². The number of hydrogen-bond acceptors (Lipinski definition) is 2. The normalized spacial score (nSPS) is 11.9. The first kappa shape index (κ1) is 12.5. The second-order valence-corrected chi connectivity index (χ2v) is 5.47. The van der Waals surface area contributed by atoms with Crippen molar-refractivity contribution in [3.63, 3.8) is 0 Å². The number of imidazole rings is 1. The van der Waals surface area contributed by atoms with Crippen LogP contribution in [0, 0.1) is 11.6 Å². The minimum Gasteiger partial charge on any atom is -0.290 e. The van der Waals surface area contributed by atoms with Crippen LogP contribution in [0.3, 0.4) is 0 Å². The van der Waals surface area contributed by atoms with Gasteiger partial charge in [-0.25, -0.2) is 18.7 Å². The summed E-state index contributed by atoms with van der Waals surface area (Å²) in [5.74, 6) is -0.716. The van der Waals surface area contributed by atoms with Gasteiger partial charge in [0, 0.05) is 17.0 Å². The van der Waals surface area contributed by atoms with Gasteiger partial charge in [-0.2, -0.15) is 0 Å². The molecule has 0 saturated heterocycles. The maximum atomic E-state index is 13.8. The molecule has 3 aromatic heterocycles. The lowest BCUT2D eigenvalue weighted by Gasteiger charge is -2.09. The zero-order chi connectivity index (χ0) is 15.6. The topological polar surface area (TPSA) is 30.2 Å². The maximum Gasteiger partial charge on any atom is 0.178 e. The van der Waals surface area contributed by atoms with Gasteiger partial charge in [-0.1, -0.05) is 0 Å². The molecule has 0 bridgehead atoms. The molecule has 0 unspecified atom stereocenters. The fourth-order valence-corrected chi connectivity index (χ4v) is 3.19. The van der Waals surface area contributed by atoms with Crippen LogP contribution in [0.1, 0.15) is 0 Å². The Morgan fingerprint density at radius 1 is 0.783 bits per heavy atom. The Labute approximate surface area is 128 Å². The van der Waals surface area contributed by atoms with Gasteiger partial charge < -0.3 is 0 Å². The second kappa shape index (κ2) is 4.23. The first-order valence-electron chi connectivity index (χ1n) is 7.16. The van der Waals surface area contributed by atoms with E-state index in [-0.39, 0.29) is 11.6 Å². The highest BCUT2D eigenvalue weighted by atomic mass is 19.1. The number of halogens is 2. The highest BCUT2D eigenvalue weighted by Gasteiger charge is 2.14. The molecule has 110 valence electrons. The van der Waals surface area contributed by atoms with E-state index in [0.717, 1.165) is 16.4 Å². The molecule has 5 rings (SSSR count). The molecule has 0 radical (unpaired) electrons. The fourth-order valence-electron chi connectivity index (χ4n) is 3.19. The fraction of sp³-hybridized carbons (Fsp3) is 0. The van der Waals surface area contributed by atoms with Crippen molar-refractivity contribution in [2.45, 2.75) is 0 Å². The molecular formula is C18H9F2N3. The van der Waals surface area contributed by atoms with E-state index in [1.807, 2.05) is 16.5 Å². The summed E-state index contributed by atoms with van der Waals surface area (Å²) in [5, 5.41) is 2.06. The van der Waals surface area contributed by atoms with Crippen LogP contribution in [0.15, 0.2) is 54.7 Å². The highest BCUT2D eigenvalue weighted by molar-refractivity contribution is 6.13. The lowest BCUT2D eigenvalue weighted by Crippen LogP contribution is -1.92. The standard InChI is InChI=1S/C18H9F2N3/c19-10-3-5-12-13(8-10)14-9-11(20)4-6-15(14)23-16-2-1-7-21-17(16)22-18(12)23/h1-9H. The minimum absolute atomic E-state index is 0.357. The van der Waals surface area contributed by atoms with Gasteiger partial charge in [0.2, 0.25) is 0 Å². The summed E-state index contributed by atoms with van der Waals surface area (Å²) in [6, 6.07) is 12.8. The second-order valence-electron chi connectivity index (χ2n) is 5.47. The molecule has 23 heavy (non-hydrogen) atoms. The summed E-state index contributed by atoms with van der Waals surface area (Å²) in [6.07, 6.45) is 1.68. The van der Waals surface area contributed by atoms with Crippen LogP contribution in [0.2, 0.25) is 0 Å². The molecule has 0 aliphatic carbocycles. The smallest absolute Gasteiger partial charge is 0.178 e. The van der Waals surface area contributed by atoms with Gasteiger partial charge >= 0.3 is 0 Å². The molecular weight excluding hydrogens is 296 g/mol. The number of rotatable bonds is 0. The van der Waals surface area contributed by atoms with Crippen molar-refractivity contribution in [2.24, 2.45) is 0 Å². The van der Waals surface area contributed by atoms with Crippen molar-refractivity contribution in [3.8, 4) is 0 Å². The molecule has 0 saturated carbocycles. The first-order valence-corrected chi connectivity index (χ1v) is 7.16. The minimum atomic E-state index is -0.360. The lowest BCUT2D eigenvalue weighted by atomic mass is 10.1. The van der Waals surface area contributed by atoms with Crippen molar-refractivity contribution in [2.75, 3.05) is 0 Å². The van der Waals surface area contributed by atoms with E-state index < -0.39 is 0 Å². The average molecular weight is 305 g/mol. The molecule has 0 aliphatic heterocycles. The maximum absolute atomic E-state index is 13.8. The Hall–Kier alpha value is -3.08. The monoisotopic (exact) mass is 305 g/mol. The van der Waals surface area contributed by atoms with E-state index in [1.54, 1.807) is 18.3 Å². The van der Waals surface area contributed by atoms with Gasteiger partial charge in [0.1, 0.15) is 17.3 Å². The predicted molar refractivity (Wildman–Crippen MR) is 85.4 cm³/mol. The first-order chi connectivity index (χ1) is 11.2. The molecule has 5 heteroatoms. The Bertz CT molecular complexity index is 1240. The Kier molecular flexibility index (Phi) is 2.29. The van der Waals surface area contributed by atoms with Gasteiger partial charge in [0.05, 0.1) is 11.0 Å². The molecule has 3 nitrogen and oxygen atoms in total. The summed E-state index contributed by atoms with van der Waals surface area (Å²) in [4.78, 5) is 8.87. The number of aromatic nitrogens is 3. The van der Waals surface area contributed by atoms with E-state index in [4.69, 9.17) is 0 Å². The van der Waals surface area contributed by atoms with Crippen molar-refractivity contribution >= 4 is 38.5 Å². The Morgan fingerprint density at radius 2 is 1.57 bits per heavy atom. The predicted octanol–water partition coefficient (Wildman–Crippen LogP) is 4.47. The number of hydrogen-bond donors (Lipinski definition) is 0. The van der Waals surface area contributed by atoms with Crippen LogP contribution in [-0.4, -0.2) is 14.4 Å². The molecule has 2 aromatic carbocycles. The van der Waals surface area contributed by atoms with Gasteiger partial charge in [-0.3, -0.25) is 4.40 Å². The number of fused-ring (bicyclic) bond motifs is 8. The average Bonchev–Trinajstić information content (AvgIpc) is 2.94. The SMILES string of the molecule is Fc1ccc2c(c1)c1cc(F)ccc1n1c3cccnc3nc21. The molecule has 0 fully saturated rings. The van der Waals surface area contributed by atoms with E-state index in [9.17, 15) is 8.78 Å².